The van der Waals surface area contributed by atoms with E-state index in [-0.39, 0.29) is 30.7 Å². The molecule has 7 nitrogen and oxygen atoms in total. The predicted octanol–water partition coefficient (Wildman–Crippen LogP) is 1.75. The van der Waals surface area contributed by atoms with E-state index in [2.05, 4.69) is 10.6 Å². The van der Waals surface area contributed by atoms with Crippen molar-refractivity contribution in [1.82, 2.24) is 15.1 Å². The summed E-state index contributed by atoms with van der Waals surface area (Å²) in [5.74, 6) is -0.312. The van der Waals surface area contributed by atoms with E-state index in [0.717, 1.165) is 22.4 Å². The second-order valence-corrected chi connectivity index (χ2v) is 7.91. The first-order valence-corrected chi connectivity index (χ1v) is 10.6. The van der Waals surface area contributed by atoms with E-state index in [9.17, 15) is 14.4 Å². The molecule has 7 heteroatoms. The van der Waals surface area contributed by atoms with Gasteiger partial charge < -0.3 is 15.5 Å². The Hall–Kier alpha value is -3.19. The molecule has 2 aromatic carbocycles. The molecule has 3 rings (SSSR count). The van der Waals surface area contributed by atoms with Crippen molar-refractivity contribution >= 4 is 23.4 Å². The third-order valence-electron chi connectivity index (χ3n) is 5.48. The van der Waals surface area contributed by atoms with Crippen molar-refractivity contribution < 1.29 is 14.4 Å². The molecule has 0 atom stereocenters. The van der Waals surface area contributed by atoms with Crippen LogP contribution in [0.15, 0.2) is 48.5 Å². The fourth-order valence-electron chi connectivity index (χ4n) is 3.68. The van der Waals surface area contributed by atoms with Crippen LogP contribution in [0.25, 0.3) is 0 Å². The Labute approximate surface area is 183 Å². The summed E-state index contributed by atoms with van der Waals surface area (Å²) in [6.07, 6.45) is 0.261. The van der Waals surface area contributed by atoms with Gasteiger partial charge in [-0.1, -0.05) is 48.5 Å². The number of hydrogen-bond acceptors (Lipinski definition) is 4. The van der Waals surface area contributed by atoms with Gasteiger partial charge in [0, 0.05) is 31.9 Å². The van der Waals surface area contributed by atoms with E-state index in [0.29, 0.717) is 32.7 Å². The Morgan fingerprint density at radius 2 is 1.48 bits per heavy atom. The molecule has 0 spiro atoms. The Balaban J connectivity index is 1.38. The molecule has 1 heterocycles. The van der Waals surface area contributed by atoms with Crippen molar-refractivity contribution in [3.63, 3.8) is 0 Å². The van der Waals surface area contributed by atoms with E-state index in [4.69, 9.17) is 0 Å². The van der Waals surface area contributed by atoms with Crippen molar-refractivity contribution in [3.8, 4) is 0 Å². The van der Waals surface area contributed by atoms with Crippen LogP contribution in [0, 0.1) is 13.8 Å². The Kier molecular flexibility index (Phi) is 7.78. The van der Waals surface area contributed by atoms with Gasteiger partial charge in [0.25, 0.3) is 0 Å². The normalized spacial score (nSPS) is 14.2. The molecule has 1 saturated heterocycles. The van der Waals surface area contributed by atoms with E-state index in [1.165, 1.54) is 0 Å². The standard InChI is InChI=1S/C24H30N4O3/c1-18-7-6-8-19(2)24(18)26-22(30)17-27-11-13-28(14-12-27)23(31)16-25-21(29)15-20-9-4-3-5-10-20/h3-10H,11-17H2,1-2H3,(H,25,29)(H,26,30). The highest BCUT2D eigenvalue weighted by Gasteiger charge is 2.23. The molecule has 0 unspecified atom stereocenters. The van der Waals surface area contributed by atoms with Gasteiger partial charge in [-0.3, -0.25) is 19.3 Å². The Morgan fingerprint density at radius 1 is 0.839 bits per heavy atom. The lowest BCUT2D eigenvalue weighted by Gasteiger charge is -2.34. The molecule has 3 amide bonds. The lowest BCUT2D eigenvalue weighted by molar-refractivity contribution is -0.134. The summed E-state index contributed by atoms with van der Waals surface area (Å²) in [6, 6.07) is 15.4. The van der Waals surface area contributed by atoms with Crippen molar-refractivity contribution in [1.29, 1.82) is 0 Å². The second-order valence-electron chi connectivity index (χ2n) is 7.91. The van der Waals surface area contributed by atoms with Crippen molar-refractivity contribution in [2.45, 2.75) is 20.3 Å². The molecule has 0 bridgehead atoms. The molecule has 0 radical (unpaired) electrons. The number of aryl methyl sites for hydroxylation is 2. The maximum absolute atomic E-state index is 12.4. The van der Waals surface area contributed by atoms with Gasteiger partial charge in [0.2, 0.25) is 17.7 Å². The molecule has 0 aromatic heterocycles. The first kappa shape index (κ1) is 22.5. The van der Waals surface area contributed by atoms with Crippen LogP contribution < -0.4 is 10.6 Å². The first-order chi connectivity index (χ1) is 14.9. The van der Waals surface area contributed by atoms with Gasteiger partial charge in [-0.05, 0) is 30.5 Å². The minimum Gasteiger partial charge on any atom is -0.347 e. The van der Waals surface area contributed by atoms with Crippen LogP contribution in [0.2, 0.25) is 0 Å². The third-order valence-corrected chi connectivity index (χ3v) is 5.48. The number of amides is 3. The smallest absolute Gasteiger partial charge is 0.242 e. The van der Waals surface area contributed by atoms with Crippen molar-refractivity contribution in [3.05, 3.63) is 65.2 Å². The summed E-state index contributed by atoms with van der Waals surface area (Å²) in [5.41, 5.74) is 3.86. The summed E-state index contributed by atoms with van der Waals surface area (Å²) in [5, 5.41) is 5.71. The average Bonchev–Trinajstić information content (AvgIpc) is 2.76. The summed E-state index contributed by atoms with van der Waals surface area (Å²) >= 11 is 0. The number of anilines is 1. The molecular weight excluding hydrogens is 392 g/mol. The fourth-order valence-corrected chi connectivity index (χ4v) is 3.68. The summed E-state index contributed by atoms with van der Waals surface area (Å²) in [6.45, 7) is 6.60. The number of nitrogens with zero attached hydrogens (tertiary/aromatic N) is 2. The number of nitrogens with one attached hydrogen (secondary N) is 2. The van der Waals surface area contributed by atoms with Gasteiger partial charge in [0.05, 0.1) is 19.5 Å². The zero-order chi connectivity index (χ0) is 22.2. The lowest BCUT2D eigenvalue weighted by Crippen LogP contribution is -2.52. The minimum atomic E-state index is -0.165. The topological polar surface area (TPSA) is 81.8 Å². The van der Waals surface area contributed by atoms with Crippen LogP contribution in [-0.4, -0.2) is 66.8 Å². The Bertz CT molecular complexity index is 901. The van der Waals surface area contributed by atoms with Gasteiger partial charge in [-0.2, -0.15) is 0 Å². The number of rotatable bonds is 7. The maximum Gasteiger partial charge on any atom is 0.242 e. The minimum absolute atomic E-state index is 0.00128. The average molecular weight is 423 g/mol. The van der Waals surface area contributed by atoms with Crippen molar-refractivity contribution in [2.24, 2.45) is 0 Å². The van der Waals surface area contributed by atoms with Crippen LogP contribution >= 0.6 is 0 Å². The predicted molar refractivity (Wildman–Crippen MR) is 121 cm³/mol. The third kappa shape index (κ3) is 6.65. The van der Waals surface area contributed by atoms with E-state index < -0.39 is 0 Å². The van der Waals surface area contributed by atoms with Crippen LogP contribution in [0.4, 0.5) is 5.69 Å². The highest BCUT2D eigenvalue weighted by Crippen LogP contribution is 2.19. The van der Waals surface area contributed by atoms with Crippen molar-refractivity contribution in [2.75, 3.05) is 44.6 Å². The van der Waals surface area contributed by atoms with E-state index >= 15 is 0 Å². The number of benzene rings is 2. The molecule has 31 heavy (non-hydrogen) atoms. The summed E-state index contributed by atoms with van der Waals surface area (Å²) < 4.78 is 0. The highest BCUT2D eigenvalue weighted by atomic mass is 16.2. The number of para-hydroxylation sites is 1. The SMILES string of the molecule is Cc1cccc(C)c1NC(=O)CN1CCN(C(=O)CNC(=O)Cc2ccccc2)CC1. The van der Waals surface area contributed by atoms with E-state index in [1.54, 1.807) is 4.90 Å². The number of carbonyl (C=O) groups excluding carboxylic acids is 3. The molecular formula is C24H30N4O3. The molecule has 2 aromatic rings. The largest absolute Gasteiger partial charge is 0.347 e. The van der Waals surface area contributed by atoms with Gasteiger partial charge >= 0.3 is 0 Å². The number of piperazine rings is 1. The molecule has 1 fully saturated rings. The van der Waals surface area contributed by atoms with Crippen LogP contribution in [0.1, 0.15) is 16.7 Å². The van der Waals surface area contributed by atoms with Gasteiger partial charge in [0.15, 0.2) is 0 Å². The van der Waals surface area contributed by atoms with Gasteiger partial charge in [-0.15, -0.1) is 0 Å². The maximum atomic E-state index is 12.4. The lowest BCUT2D eigenvalue weighted by atomic mass is 10.1. The fraction of sp³-hybridized carbons (Fsp3) is 0.375. The molecule has 0 saturated carbocycles. The van der Waals surface area contributed by atoms with Gasteiger partial charge in [0.1, 0.15) is 0 Å². The summed E-state index contributed by atoms with van der Waals surface area (Å²) in [7, 11) is 0. The molecule has 1 aliphatic rings. The molecule has 2 N–H and O–H groups in total. The van der Waals surface area contributed by atoms with Crippen LogP contribution in [0.5, 0.6) is 0 Å². The first-order valence-electron chi connectivity index (χ1n) is 10.6. The molecule has 1 aliphatic heterocycles. The molecule has 164 valence electrons. The Morgan fingerprint density at radius 3 is 2.13 bits per heavy atom. The quantitative estimate of drug-likeness (QED) is 0.712. The number of hydrogen-bond donors (Lipinski definition) is 2. The van der Waals surface area contributed by atoms with Gasteiger partial charge in [-0.25, -0.2) is 0 Å². The zero-order valence-corrected chi connectivity index (χ0v) is 18.2. The monoisotopic (exact) mass is 422 g/mol. The molecule has 0 aliphatic carbocycles. The van der Waals surface area contributed by atoms with Crippen LogP contribution in [0.3, 0.4) is 0 Å². The van der Waals surface area contributed by atoms with E-state index in [1.807, 2.05) is 67.3 Å². The zero-order valence-electron chi connectivity index (χ0n) is 18.2. The summed E-state index contributed by atoms with van der Waals surface area (Å²) in [4.78, 5) is 40.7. The van der Waals surface area contributed by atoms with Crippen LogP contribution in [-0.2, 0) is 20.8 Å². The highest BCUT2D eigenvalue weighted by molar-refractivity contribution is 5.93. The number of carbonyl (C=O) groups is 3. The second kappa shape index (κ2) is 10.7.